The number of anilines is 3. The van der Waals surface area contributed by atoms with Crippen LogP contribution in [0.1, 0.15) is 5.56 Å². The Hall–Kier alpha value is -1.18. The molecule has 0 saturated heterocycles. The van der Waals surface area contributed by atoms with Gasteiger partial charge in [-0.3, -0.25) is 0 Å². The molecule has 1 heterocycles. The number of hydrogen-bond acceptors (Lipinski definition) is 5. The Morgan fingerprint density at radius 1 is 1.11 bits per heavy atom. The summed E-state index contributed by atoms with van der Waals surface area (Å²) in [5.74, 6) is 6.53. The maximum atomic E-state index is 5.36. The van der Waals surface area contributed by atoms with Crippen molar-refractivity contribution in [3.8, 4) is 0 Å². The van der Waals surface area contributed by atoms with Crippen molar-refractivity contribution >= 4 is 49.2 Å². The lowest BCUT2D eigenvalue weighted by molar-refractivity contribution is 1.12. The van der Waals surface area contributed by atoms with Crippen LogP contribution in [-0.4, -0.2) is 9.97 Å². The van der Waals surface area contributed by atoms with E-state index in [2.05, 4.69) is 52.6 Å². The van der Waals surface area contributed by atoms with Gasteiger partial charge in [-0.25, -0.2) is 15.8 Å². The minimum Gasteiger partial charge on any atom is -0.338 e. The van der Waals surface area contributed by atoms with Crippen LogP contribution in [0.2, 0.25) is 0 Å². The van der Waals surface area contributed by atoms with E-state index < -0.39 is 0 Å². The van der Waals surface area contributed by atoms with Crippen LogP contribution in [0.3, 0.4) is 0 Å². The third-order valence-corrected chi connectivity index (χ3v) is 4.17. The van der Waals surface area contributed by atoms with Crippen LogP contribution < -0.4 is 16.6 Å². The van der Waals surface area contributed by atoms with E-state index in [9.17, 15) is 0 Å². The zero-order valence-electron chi connectivity index (χ0n) is 9.54. The van der Waals surface area contributed by atoms with E-state index in [1.807, 2.05) is 25.1 Å². The lowest BCUT2D eigenvalue weighted by Gasteiger charge is -2.12. The van der Waals surface area contributed by atoms with E-state index >= 15 is 0 Å². The highest BCUT2D eigenvalue weighted by molar-refractivity contribution is 9.11. The molecule has 7 heteroatoms. The molecule has 0 aliphatic carbocycles. The minimum atomic E-state index is 0.524. The summed E-state index contributed by atoms with van der Waals surface area (Å²) in [6.07, 6.45) is 1.44. The lowest BCUT2D eigenvalue weighted by atomic mass is 10.2. The SMILES string of the molecule is Cc1cccc(Nc2ncnc(NN)c2Br)c1Br. The largest absolute Gasteiger partial charge is 0.338 e. The molecular formula is C11H11Br2N5. The average molecular weight is 373 g/mol. The van der Waals surface area contributed by atoms with Crippen LogP contribution in [0.4, 0.5) is 17.3 Å². The van der Waals surface area contributed by atoms with Crippen molar-refractivity contribution in [3.05, 3.63) is 39.0 Å². The van der Waals surface area contributed by atoms with Crippen LogP contribution in [0.25, 0.3) is 0 Å². The van der Waals surface area contributed by atoms with Gasteiger partial charge in [-0.1, -0.05) is 12.1 Å². The fraction of sp³-hybridized carbons (Fsp3) is 0.0909. The Labute approximate surface area is 121 Å². The molecule has 0 atom stereocenters. The fourth-order valence-corrected chi connectivity index (χ4v) is 2.21. The molecular weight excluding hydrogens is 362 g/mol. The monoisotopic (exact) mass is 371 g/mol. The summed E-state index contributed by atoms with van der Waals surface area (Å²) in [7, 11) is 0. The first-order chi connectivity index (χ1) is 8.63. The molecule has 0 saturated carbocycles. The molecule has 0 amide bonds. The van der Waals surface area contributed by atoms with Gasteiger partial charge in [-0.15, -0.1) is 0 Å². The predicted octanol–water partition coefficient (Wildman–Crippen LogP) is 3.34. The van der Waals surface area contributed by atoms with Gasteiger partial charge < -0.3 is 10.7 Å². The highest BCUT2D eigenvalue weighted by Gasteiger charge is 2.09. The number of nitrogen functional groups attached to an aromatic ring is 1. The summed E-state index contributed by atoms with van der Waals surface area (Å²) >= 11 is 6.93. The van der Waals surface area contributed by atoms with Crippen molar-refractivity contribution in [2.45, 2.75) is 6.92 Å². The van der Waals surface area contributed by atoms with Crippen LogP contribution in [0.5, 0.6) is 0 Å². The second kappa shape index (κ2) is 5.64. The Bertz CT molecular complexity index is 573. The van der Waals surface area contributed by atoms with Crippen LogP contribution in [-0.2, 0) is 0 Å². The molecule has 0 unspecified atom stereocenters. The summed E-state index contributed by atoms with van der Waals surface area (Å²) in [5.41, 5.74) is 4.57. The molecule has 0 aliphatic rings. The quantitative estimate of drug-likeness (QED) is 0.569. The number of rotatable bonds is 3. The first-order valence-corrected chi connectivity index (χ1v) is 6.71. The van der Waals surface area contributed by atoms with E-state index in [1.54, 1.807) is 0 Å². The van der Waals surface area contributed by atoms with Crippen molar-refractivity contribution in [2.24, 2.45) is 5.84 Å². The first kappa shape index (κ1) is 13.3. The number of benzene rings is 1. The minimum absolute atomic E-state index is 0.524. The van der Waals surface area contributed by atoms with E-state index in [0.29, 0.717) is 16.1 Å². The van der Waals surface area contributed by atoms with E-state index in [4.69, 9.17) is 5.84 Å². The molecule has 1 aromatic heterocycles. The van der Waals surface area contributed by atoms with Gasteiger partial charge in [-0.05, 0) is 50.4 Å². The number of nitrogens with two attached hydrogens (primary N) is 1. The molecule has 18 heavy (non-hydrogen) atoms. The average Bonchev–Trinajstić information content (AvgIpc) is 2.37. The normalized spacial score (nSPS) is 10.2. The van der Waals surface area contributed by atoms with Crippen molar-refractivity contribution in [1.29, 1.82) is 0 Å². The zero-order valence-corrected chi connectivity index (χ0v) is 12.7. The van der Waals surface area contributed by atoms with Crippen molar-refractivity contribution in [2.75, 3.05) is 10.7 Å². The van der Waals surface area contributed by atoms with Crippen LogP contribution in [0, 0.1) is 6.92 Å². The molecule has 0 spiro atoms. The molecule has 0 bridgehead atoms. The highest BCUT2D eigenvalue weighted by Crippen LogP contribution is 2.32. The standard InChI is InChI=1S/C11H11Br2N5/c1-6-3-2-4-7(8(6)12)17-10-9(13)11(18-14)16-5-15-10/h2-5H,14H2,1H3,(H2,15,16,17,18). The van der Waals surface area contributed by atoms with Crippen LogP contribution >= 0.6 is 31.9 Å². The van der Waals surface area contributed by atoms with Crippen molar-refractivity contribution in [3.63, 3.8) is 0 Å². The van der Waals surface area contributed by atoms with Gasteiger partial charge >= 0.3 is 0 Å². The first-order valence-electron chi connectivity index (χ1n) is 5.12. The van der Waals surface area contributed by atoms with Gasteiger partial charge in [0, 0.05) is 4.47 Å². The van der Waals surface area contributed by atoms with E-state index in [1.165, 1.54) is 6.33 Å². The molecule has 2 aromatic rings. The van der Waals surface area contributed by atoms with E-state index in [-0.39, 0.29) is 0 Å². The van der Waals surface area contributed by atoms with Gasteiger partial charge in [-0.2, -0.15) is 0 Å². The van der Waals surface area contributed by atoms with Gasteiger partial charge in [0.05, 0.1) is 5.69 Å². The van der Waals surface area contributed by atoms with E-state index in [0.717, 1.165) is 15.7 Å². The second-order valence-corrected chi connectivity index (χ2v) is 5.18. The lowest BCUT2D eigenvalue weighted by Crippen LogP contribution is -2.10. The zero-order chi connectivity index (χ0) is 13.1. The van der Waals surface area contributed by atoms with Crippen molar-refractivity contribution in [1.82, 2.24) is 9.97 Å². The second-order valence-electron chi connectivity index (χ2n) is 3.59. The number of nitrogens with zero attached hydrogens (tertiary/aromatic N) is 2. The predicted molar refractivity (Wildman–Crippen MR) is 79.7 cm³/mol. The topological polar surface area (TPSA) is 75.9 Å². The number of aromatic nitrogens is 2. The third kappa shape index (κ3) is 2.63. The Morgan fingerprint density at radius 3 is 2.56 bits per heavy atom. The summed E-state index contributed by atoms with van der Waals surface area (Å²) in [4.78, 5) is 8.16. The molecule has 1 aromatic carbocycles. The molecule has 94 valence electrons. The van der Waals surface area contributed by atoms with Gasteiger partial charge in [0.1, 0.15) is 16.6 Å². The molecule has 0 fully saturated rings. The number of halogens is 2. The maximum Gasteiger partial charge on any atom is 0.159 e. The number of hydrazine groups is 1. The van der Waals surface area contributed by atoms with Crippen molar-refractivity contribution < 1.29 is 0 Å². The number of nitrogens with one attached hydrogen (secondary N) is 2. The van der Waals surface area contributed by atoms with Crippen LogP contribution in [0.15, 0.2) is 33.5 Å². The number of aryl methyl sites for hydroxylation is 1. The summed E-state index contributed by atoms with van der Waals surface area (Å²) in [5, 5.41) is 3.22. The maximum absolute atomic E-state index is 5.36. The molecule has 4 N–H and O–H groups in total. The van der Waals surface area contributed by atoms with Gasteiger partial charge in [0.2, 0.25) is 0 Å². The summed E-state index contributed by atoms with van der Waals surface area (Å²) in [6.45, 7) is 2.02. The molecule has 0 aliphatic heterocycles. The smallest absolute Gasteiger partial charge is 0.159 e. The fourth-order valence-electron chi connectivity index (χ4n) is 1.43. The Morgan fingerprint density at radius 2 is 1.83 bits per heavy atom. The molecule has 0 radical (unpaired) electrons. The Kier molecular flexibility index (Phi) is 4.15. The molecule has 5 nitrogen and oxygen atoms in total. The number of hydrogen-bond donors (Lipinski definition) is 3. The van der Waals surface area contributed by atoms with Gasteiger partial charge in [0.15, 0.2) is 5.82 Å². The molecule has 2 rings (SSSR count). The summed E-state index contributed by atoms with van der Waals surface area (Å²) < 4.78 is 1.68. The third-order valence-electron chi connectivity index (χ3n) is 2.37. The summed E-state index contributed by atoms with van der Waals surface area (Å²) in [6, 6.07) is 5.96. The van der Waals surface area contributed by atoms with Gasteiger partial charge in [0.25, 0.3) is 0 Å². The highest BCUT2D eigenvalue weighted by atomic mass is 79.9. The Balaban J connectivity index is 2.37.